The molecule has 3 aromatic rings. The minimum atomic E-state index is -3.13. The topological polar surface area (TPSA) is 79.3 Å². The predicted octanol–water partition coefficient (Wildman–Crippen LogP) is 5.00. The van der Waals surface area contributed by atoms with E-state index in [9.17, 15) is 13.2 Å². The molecule has 2 atom stereocenters. The van der Waals surface area contributed by atoms with Gasteiger partial charge in [0.05, 0.1) is 31.1 Å². The molecule has 0 N–H and O–H groups in total. The van der Waals surface area contributed by atoms with E-state index in [1.807, 2.05) is 41.3 Å². The van der Waals surface area contributed by atoms with Crippen LogP contribution in [-0.2, 0) is 27.5 Å². The van der Waals surface area contributed by atoms with Crippen molar-refractivity contribution in [3.05, 3.63) is 90.0 Å². The first-order chi connectivity index (χ1) is 19.9. The molecule has 3 aliphatic rings. The van der Waals surface area contributed by atoms with Crippen LogP contribution >= 0.6 is 11.8 Å². The first kappa shape index (κ1) is 27.8. The molecule has 9 heteroatoms. The Bertz CT molecular complexity index is 1500. The first-order valence-corrected chi connectivity index (χ1v) is 16.9. The van der Waals surface area contributed by atoms with Crippen LogP contribution in [0.1, 0.15) is 24.0 Å². The van der Waals surface area contributed by atoms with Crippen LogP contribution in [0.15, 0.2) is 83.9 Å². The highest BCUT2D eigenvalue weighted by Crippen LogP contribution is 2.41. The molecule has 3 fully saturated rings. The summed E-state index contributed by atoms with van der Waals surface area (Å²) in [6, 6.07) is 26.2. The number of benzene rings is 3. The van der Waals surface area contributed by atoms with Crippen molar-refractivity contribution in [1.29, 1.82) is 0 Å². The lowest BCUT2D eigenvalue weighted by atomic mass is 9.90. The zero-order valence-electron chi connectivity index (χ0n) is 23.2. The van der Waals surface area contributed by atoms with E-state index in [2.05, 4.69) is 52.4 Å². The molecule has 0 unspecified atom stereocenters. The highest BCUT2D eigenvalue weighted by molar-refractivity contribution is 8.16. The Kier molecular flexibility index (Phi) is 8.08. The fraction of sp³-hybridized carbons (Fsp3) is 0.375. The lowest BCUT2D eigenvalue weighted by Gasteiger charge is -2.34. The summed E-state index contributed by atoms with van der Waals surface area (Å²) in [6.07, 6.45) is 3.63. The van der Waals surface area contributed by atoms with Gasteiger partial charge in [0.15, 0.2) is 15.0 Å². The number of sulfone groups is 1. The number of carbonyl (C=O) groups excluding carboxylic acids is 1. The second-order valence-corrected chi connectivity index (χ2v) is 14.5. The molecule has 0 bridgehead atoms. The summed E-state index contributed by atoms with van der Waals surface area (Å²) >= 11 is 1.41. The van der Waals surface area contributed by atoms with E-state index in [1.54, 1.807) is 7.11 Å². The number of nitrogens with zero attached hydrogens (tertiary/aromatic N) is 3. The van der Waals surface area contributed by atoms with Crippen molar-refractivity contribution in [2.75, 3.05) is 41.5 Å². The number of methoxy groups -OCH3 is 1. The third kappa shape index (κ3) is 6.46. The van der Waals surface area contributed by atoms with Gasteiger partial charge in [-0.2, -0.15) is 4.99 Å². The molecule has 41 heavy (non-hydrogen) atoms. The number of ether oxygens (including phenoxy) is 1. The number of thioether (sulfide) groups is 1. The number of rotatable bonds is 7. The summed E-state index contributed by atoms with van der Waals surface area (Å²) in [6.45, 7) is 2.04. The summed E-state index contributed by atoms with van der Waals surface area (Å²) in [5, 5.41) is 0.457. The number of fused-ring (bicyclic) bond motifs is 1. The number of carbonyl (C=O) groups is 1. The molecule has 3 aliphatic heterocycles. The van der Waals surface area contributed by atoms with Crippen LogP contribution in [0.4, 0.5) is 11.4 Å². The van der Waals surface area contributed by atoms with Crippen LogP contribution in [0.2, 0.25) is 0 Å². The molecule has 1 amide bonds. The highest BCUT2D eigenvalue weighted by atomic mass is 32.2. The highest BCUT2D eigenvalue weighted by Gasteiger charge is 2.49. The second kappa shape index (κ2) is 11.9. The summed E-state index contributed by atoms with van der Waals surface area (Å²) < 4.78 is 30.2. The summed E-state index contributed by atoms with van der Waals surface area (Å²) in [5.41, 5.74) is 4.31. The summed E-state index contributed by atoms with van der Waals surface area (Å²) in [7, 11) is -1.52. The van der Waals surface area contributed by atoms with Crippen LogP contribution in [0.3, 0.4) is 0 Å². The molecular weight excluding hydrogens is 555 g/mol. The maximum atomic E-state index is 13.0. The number of aliphatic imine (C=N–C) groups is 1. The van der Waals surface area contributed by atoms with Crippen LogP contribution in [0.25, 0.3) is 0 Å². The third-order valence-electron chi connectivity index (χ3n) is 8.28. The number of amides is 1. The van der Waals surface area contributed by atoms with E-state index in [0.29, 0.717) is 11.1 Å². The predicted molar refractivity (Wildman–Crippen MR) is 167 cm³/mol. The Morgan fingerprint density at radius 3 is 2.27 bits per heavy atom. The van der Waals surface area contributed by atoms with Crippen LogP contribution in [0.5, 0.6) is 5.75 Å². The normalized spacial score (nSPS) is 23.1. The average Bonchev–Trinajstić information content (AvgIpc) is 3.45. The van der Waals surface area contributed by atoms with Gasteiger partial charge >= 0.3 is 0 Å². The number of hydrogen-bond donors (Lipinski definition) is 0. The Morgan fingerprint density at radius 1 is 0.902 bits per heavy atom. The molecule has 3 saturated heterocycles. The molecule has 6 rings (SSSR count). The van der Waals surface area contributed by atoms with Crippen molar-refractivity contribution in [2.24, 2.45) is 10.9 Å². The van der Waals surface area contributed by atoms with Gasteiger partial charge in [-0.3, -0.25) is 4.79 Å². The Morgan fingerprint density at radius 2 is 1.59 bits per heavy atom. The van der Waals surface area contributed by atoms with Crippen LogP contribution in [0, 0.1) is 5.92 Å². The molecule has 3 aromatic carbocycles. The molecule has 7 nitrogen and oxygen atoms in total. The maximum absolute atomic E-state index is 13.0. The van der Waals surface area contributed by atoms with Crippen LogP contribution < -0.4 is 14.5 Å². The average molecular weight is 590 g/mol. The van der Waals surface area contributed by atoms with E-state index >= 15 is 0 Å². The first-order valence-electron chi connectivity index (χ1n) is 14.2. The third-order valence-corrected chi connectivity index (χ3v) is 11.5. The second-order valence-electron chi connectivity index (χ2n) is 11.1. The lowest BCUT2D eigenvalue weighted by molar-refractivity contribution is -0.117. The Labute approximate surface area is 246 Å². The minimum Gasteiger partial charge on any atom is -0.497 e. The fourth-order valence-corrected chi connectivity index (χ4v) is 10.0. The SMILES string of the molecule is COc1ccc(CC(=O)N=C2S[C@H]3CS(=O)(=O)C[C@H]3N2c2ccc(N3CCC(Cc4ccccc4)CC3)cc2)cc1. The molecule has 3 heterocycles. The number of hydrogen-bond acceptors (Lipinski definition) is 6. The van der Waals surface area contributed by atoms with Gasteiger partial charge in [-0.15, -0.1) is 0 Å². The van der Waals surface area contributed by atoms with Crippen molar-refractivity contribution < 1.29 is 17.9 Å². The van der Waals surface area contributed by atoms with Gasteiger partial charge in [0, 0.05) is 29.7 Å². The number of piperidine rings is 1. The molecule has 0 aliphatic carbocycles. The smallest absolute Gasteiger partial charge is 0.252 e. The van der Waals surface area contributed by atoms with E-state index in [-0.39, 0.29) is 35.1 Å². The van der Waals surface area contributed by atoms with E-state index in [1.165, 1.54) is 23.0 Å². The van der Waals surface area contributed by atoms with E-state index in [0.717, 1.165) is 49.4 Å². The van der Waals surface area contributed by atoms with Gasteiger partial charge in [-0.25, -0.2) is 8.42 Å². The largest absolute Gasteiger partial charge is 0.497 e. The van der Waals surface area contributed by atoms with Crippen LogP contribution in [-0.4, -0.2) is 62.5 Å². The van der Waals surface area contributed by atoms with E-state index in [4.69, 9.17) is 4.74 Å². The maximum Gasteiger partial charge on any atom is 0.252 e. The van der Waals surface area contributed by atoms with Crippen molar-refractivity contribution >= 4 is 44.0 Å². The summed E-state index contributed by atoms with van der Waals surface area (Å²) in [4.78, 5) is 21.9. The number of amidine groups is 1. The van der Waals surface area contributed by atoms with Gasteiger partial charge in [0.1, 0.15) is 5.75 Å². The lowest BCUT2D eigenvalue weighted by Crippen LogP contribution is -2.38. The monoisotopic (exact) mass is 589 g/mol. The van der Waals surface area contributed by atoms with E-state index < -0.39 is 9.84 Å². The van der Waals surface area contributed by atoms with Gasteiger partial charge in [0.25, 0.3) is 5.91 Å². The zero-order valence-corrected chi connectivity index (χ0v) is 24.8. The van der Waals surface area contributed by atoms with Crippen molar-refractivity contribution in [3.63, 3.8) is 0 Å². The standard InChI is InChI=1S/C32H35N3O4S2/c1-39-28-13-7-24(8-14-28)20-31(36)33-32-35(29-21-41(37,38)22-30(29)40-32)27-11-9-26(10-12-27)34-17-15-25(16-18-34)19-23-5-3-2-4-6-23/h2-14,25,29-30H,15-22H2,1H3/t29-,30+/m1/s1. The van der Waals surface area contributed by atoms with Gasteiger partial charge in [-0.1, -0.05) is 54.2 Å². The Hall–Kier alpha value is -3.30. The molecule has 0 aromatic heterocycles. The molecule has 214 valence electrons. The summed E-state index contributed by atoms with van der Waals surface area (Å²) in [5.74, 6) is 1.37. The number of anilines is 2. The molecule has 0 spiro atoms. The van der Waals surface area contributed by atoms with Crippen molar-refractivity contribution in [2.45, 2.75) is 37.0 Å². The van der Waals surface area contributed by atoms with Gasteiger partial charge in [0.2, 0.25) is 0 Å². The quantitative estimate of drug-likeness (QED) is 0.384. The van der Waals surface area contributed by atoms with Crippen molar-refractivity contribution in [1.82, 2.24) is 0 Å². The Balaban J connectivity index is 1.15. The fourth-order valence-electron chi connectivity index (χ4n) is 6.10. The van der Waals surface area contributed by atoms with Gasteiger partial charge < -0.3 is 14.5 Å². The molecular formula is C32H35N3O4S2. The minimum absolute atomic E-state index is 0.0764. The van der Waals surface area contributed by atoms with Crippen molar-refractivity contribution in [3.8, 4) is 5.75 Å². The molecule has 0 radical (unpaired) electrons. The zero-order chi connectivity index (χ0) is 28.4. The van der Waals surface area contributed by atoms with Gasteiger partial charge in [-0.05, 0) is 72.7 Å². The molecule has 0 saturated carbocycles.